The van der Waals surface area contributed by atoms with Gasteiger partial charge in [-0.3, -0.25) is 0 Å². The number of allylic oxidation sites excluding steroid dienone is 2. The standard InChI is InChI=1S/C9H12N2O2/c1-13-9(12)7-2-3-8-10-4-5-11(8)6-7/h2-3,10H,4-6H2,1H3. The van der Waals surface area contributed by atoms with Gasteiger partial charge in [-0.25, -0.2) is 4.79 Å². The number of hydrogen-bond acceptors (Lipinski definition) is 4. The van der Waals surface area contributed by atoms with Crippen LogP contribution in [0.25, 0.3) is 0 Å². The zero-order valence-electron chi connectivity index (χ0n) is 7.54. The van der Waals surface area contributed by atoms with Gasteiger partial charge >= 0.3 is 5.97 Å². The monoisotopic (exact) mass is 180 g/mol. The second kappa shape index (κ2) is 3.12. The van der Waals surface area contributed by atoms with E-state index in [0.717, 1.165) is 24.5 Å². The molecule has 0 amide bonds. The molecule has 4 heteroatoms. The van der Waals surface area contributed by atoms with Gasteiger partial charge in [0.2, 0.25) is 0 Å². The van der Waals surface area contributed by atoms with Crippen molar-refractivity contribution in [1.29, 1.82) is 0 Å². The number of nitrogens with one attached hydrogen (secondary N) is 1. The minimum absolute atomic E-state index is 0.234. The summed E-state index contributed by atoms with van der Waals surface area (Å²) in [6, 6.07) is 0. The fourth-order valence-corrected chi connectivity index (χ4v) is 1.58. The Hall–Kier alpha value is -1.45. The van der Waals surface area contributed by atoms with E-state index in [9.17, 15) is 4.79 Å². The van der Waals surface area contributed by atoms with Crippen molar-refractivity contribution in [2.24, 2.45) is 0 Å². The average Bonchev–Trinajstić information content (AvgIpc) is 2.63. The van der Waals surface area contributed by atoms with Gasteiger partial charge in [-0.1, -0.05) is 0 Å². The predicted octanol–water partition coefficient (Wildman–Crippen LogP) is -0.154. The van der Waals surface area contributed by atoms with Crippen molar-refractivity contribution < 1.29 is 9.53 Å². The molecule has 0 aromatic heterocycles. The number of rotatable bonds is 1. The van der Waals surface area contributed by atoms with Crippen LogP contribution >= 0.6 is 0 Å². The molecular weight excluding hydrogens is 168 g/mol. The number of carbonyl (C=O) groups is 1. The highest BCUT2D eigenvalue weighted by Gasteiger charge is 2.23. The molecule has 13 heavy (non-hydrogen) atoms. The third-order valence-electron chi connectivity index (χ3n) is 2.28. The fourth-order valence-electron chi connectivity index (χ4n) is 1.58. The summed E-state index contributed by atoms with van der Waals surface area (Å²) in [5, 5.41) is 3.23. The first-order valence-electron chi connectivity index (χ1n) is 4.29. The molecule has 2 aliphatic rings. The van der Waals surface area contributed by atoms with Crippen molar-refractivity contribution in [2.75, 3.05) is 26.7 Å². The van der Waals surface area contributed by atoms with Gasteiger partial charge in [0.25, 0.3) is 0 Å². The van der Waals surface area contributed by atoms with Gasteiger partial charge in [-0.15, -0.1) is 0 Å². The predicted molar refractivity (Wildman–Crippen MR) is 47.8 cm³/mol. The highest BCUT2D eigenvalue weighted by molar-refractivity contribution is 5.89. The maximum Gasteiger partial charge on any atom is 0.335 e. The molecule has 0 radical (unpaired) electrons. The molecular formula is C9H12N2O2. The lowest BCUT2D eigenvalue weighted by atomic mass is 10.2. The maximum absolute atomic E-state index is 11.2. The molecule has 2 heterocycles. The van der Waals surface area contributed by atoms with Crippen LogP contribution in [0.4, 0.5) is 0 Å². The summed E-state index contributed by atoms with van der Waals surface area (Å²) in [5.41, 5.74) is 0.718. The zero-order valence-corrected chi connectivity index (χ0v) is 7.54. The molecule has 0 aromatic carbocycles. The van der Waals surface area contributed by atoms with Crippen LogP contribution in [-0.2, 0) is 9.53 Å². The third-order valence-corrected chi connectivity index (χ3v) is 2.28. The highest BCUT2D eigenvalue weighted by Crippen LogP contribution is 2.16. The van der Waals surface area contributed by atoms with Crippen LogP contribution in [0, 0.1) is 0 Å². The van der Waals surface area contributed by atoms with Gasteiger partial charge in [-0.05, 0) is 12.2 Å². The first-order valence-corrected chi connectivity index (χ1v) is 4.29. The molecule has 1 saturated heterocycles. The molecule has 0 unspecified atom stereocenters. The molecule has 0 saturated carbocycles. The third kappa shape index (κ3) is 1.39. The lowest BCUT2D eigenvalue weighted by Crippen LogP contribution is -2.28. The number of ether oxygens (including phenoxy) is 1. The molecule has 70 valence electrons. The number of hydrogen-bond donors (Lipinski definition) is 1. The van der Waals surface area contributed by atoms with Crippen molar-refractivity contribution in [3.63, 3.8) is 0 Å². The second-order valence-electron chi connectivity index (χ2n) is 3.08. The van der Waals surface area contributed by atoms with Gasteiger partial charge in [0.1, 0.15) is 5.82 Å². The largest absolute Gasteiger partial charge is 0.466 e. The first kappa shape index (κ1) is 8.16. The van der Waals surface area contributed by atoms with E-state index in [1.165, 1.54) is 7.11 Å². The molecule has 0 aliphatic carbocycles. The quantitative estimate of drug-likeness (QED) is 0.570. The van der Waals surface area contributed by atoms with Crippen LogP contribution in [0.15, 0.2) is 23.5 Å². The summed E-state index contributed by atoms with van der Waals surface area (Å²) in [7, 11) is 1.41. The fraction of sp³-hybridized carbons (Fsp3) is 0.444. The summed E-state index contributed by atoms with van der Waals surface area (Å²) < 4.78 is 4.65. The van der Waals surface area contributed by atoms with Gasteiger partial charge in [-0.2, -0.15) is 0 Å². The van der Waals surface area contributed by atoms with Crippen molar-refractivity contribution in [2.45, 2.75) is 0 Å². The maximum atomic E-state index is 11.2. The van der Waals surface area contributed by atoms with Crippen LogP contribution in [0.5, 0.6) is 0 Å². The van der Waals surface area contributed by atoms with Gasteiger partial charge in [0.05, 0.1) is 19.2 Å². The van der Waals surface area contributed by atoms with Gasteiger partial charge < -0.3 is 15.0 Å². The molecule has 1 N–H and O–H groups in total. The normalized spacial score (nSPS) is 19.9. The Morgan fingerprint density at radius 3 is 3.23 bits per heavy atom. The van der Waals surface area contributed by atoms with E-state index in [-0.39, 0.29) is 5.97 Å². The summed E-state index contributed by atoms with van der Waals surface area (Å²) in [6.07, 6.45) is 3.73. The van der Waals surface area contributed by atoms with Gasteiger partial charge in [0, 0.05) is 13.1 Å². The molecule has 0 bridgehead atoms. The van der Waals surface area contributed by atoms with Crippen molar-refractivity contribution in [3.05, 3.63) is 23.5 Å². The lowest BCUT2D eigenvalue weighted by molar-refractivity contribution is -0.136. The van der Waals surface area contributed by atoms with E-state index in [1.54, 1.807) is 0 Å². The second-order valence-corrected chi connectivity index (χ2v) is 3.08. The van der Waals surface area contributed by atoms with Crippen LogP contribution in [0.1, 0.15) is 0 Å². The van der Waals surface area contributed by atoms with Crippen LogP contribution < -0.4 is 5.32 Å². The Bertz CT molecular complexity index is 294. The van der Waals surface area contributed by atoms with E-state index in [4.69, 9.17) is 0 Å². The molecule has 0 aromatic rings. The van der Waals surface area contributed by atoms with E-state index in [1.807, 2.05) is 12.2 Å². The summed E-state index contributed by atoms with van der Waals surface area (Å²) in [5.74, 6) is 0.870. The number of fused-ring (bicyclic) bond motifs is 1. The average molecular weight is 180 g/mol. The topological polar surface area (TPSA) is 41.6 Å². The Morgan fingerprint density at radius 2 is 2.46 bits per heavy atom. The van der Waals surface area contributed by atoms with E-state index >= 15 is 0 Å². The molecule has 0 atom stereocenters. The summed E-state index contributed by atoms with van der Waals surface area (Å²) in [4.78, 5) is 13.3. The lowest BCUT2D eigenvalue weighted by Gasteiger charge is -2.22. The molecule has 1 fully saturated rings. The van der Waals surface area contributed by atoms with Crippen LogP contribution in [0.2, 0.25) is 0 Å². The number of methoxy groups -OCH3 is 1. The number of esters is 1. The summed E-state index contributed by atoms with van der Waals surface area (Å²) >= 11 is 0. The molecule has 0 spiro atoms. The van der Waals surface area contributed by atoms with E-state index < -0.39 is 0 Å². The minimum Gasteiger partial charge on any atom is -0.466 e. The van der Waals surface area contributed by atoms with Crippen molar-refractivity contribution in [3.8, 4) is 0 Å². The highest BCUT2D eigenvalue weighted by atomic mass is 16.5. The van der Waals surface area contributed by atoms with Crippen LogP contribution in [-0.4, -0.2) is 37.6 Å². The summed E-state index contributed by atoms with van der Waals surface area (Å²) in [6.45, 7) is 2.57. The molecule has 4 nitrogen and oxygen atoms in total. The number of nitrogens with zero attached hydrogens (tertiary/aromatic N) is 1. The van der Waals surface area contributed by atoms with E-state index in [0.29, 0.717) is 6.54 Å². The van der Waals surface area contributed by atoms with E-state index in [2.05, 4.69) is 15.0 Å². The molecule has 2 aliphatic heterocycles. The van der Waals surface area contributed by atoms with Crippen LogP contribution in [0.3, 0.4) is 0 Å². The first-order chi connectivity index (χ1) is 6.31. The Balaban J connectivity index is 2.14. The zero-order chi connectivity index (χ0) is 9.26. The van der Waals surface area contributed by atoms with Crippen molar-refractivity contribution >= 4 is 5.97 Å². The Labute approximate surface area is 76.9 Å². The number of carbonyl (C=O) groups excluding carboxylic acids is 1. The smallest absolute Gasteiger partial charge is 0.335 e. The minimum atomic E-state index is -0.234. The van der Waals surface area contributed by atoms with Crippen molar-refractivity contribution in [1.82, 2.24) is 10.2 Å². The van der Waals surface area contributed by atoms with Gasteiger partial charge in [0.15, 0.2) is 0 Å². The molecule has 2 rings (SSSR count). The SMILES string of the molecule is COC(=O)C1=CC=C2NCCN2C1. The Morgan fingerprint density at radius 1 is 1.62 bits per heavy atom. The Kier molecular flexibility index (Phi) is 1.96.